The molecule has 2 aromatic heterocycles. The van der Waals surface area contributed by atoms with E-state index in [2.05, 4.69) is 44.6 Å². The van der Waals surface area contributed by atoms with Gasteiger partial charge in [0.05, 0.1) is 5.39 Å². The molecule has 0 fully saturated rings. The third-order valence-electron chi connectivity index (χ3n) is 5.88. The fraction of sp³-hybridized carbons (Fsp3) is 0.478. The van der Waals surface area contributed by atoms with Crippen molar-refractivity contribution in [3.63, 3.8) is 0 Å². The number of nitrogens with zero attached hydrogens (tertiary/aromatic N) is 3. The van der Waals surface area contributed by atoms with Crippen molar-refractivity contribution in [1.29, 1.82) is 0 Å². The number of aromatic hydroxyl groups is 1. The van der Waals surface area contributed by atoms with Crippen molar-refractivity contribution >= 4 is 27.4 Å². The second kappa shape index (κ2) is 9.55. The summed E-state index contributed by atoms with van der Waals surface area (Å²) in [7, 11) is 0. The molecule has 0 amide bonds. The summed E-state index contributed by atoms with van der Waals surface area (Å²) in [6.07, 6.45) is 8.30. The molecule has 6 heteroatoms. The lowest BCUT2D eigenvalue weighted by molar-refractivity contribution is 0.176. The summed E-state index contributed by atoms with van der Waals surface area (Å²) >= 11 is 1.65. The molecule has 0 bridgehead atoms. The van der Waals surface area contributed by atoms with Gasteiger partial charge in [-0.3, -0.25) is 0 Å². The topological polar surface area (TPSA) is 61.3 Å². The van der Waals surface area contributed by atoms with Crippen molar-refractivity contribution in [1.82, 2.24) is 14.9 Å². The van der Waals surface area contributed by atoms with Crippen LogP contribution in [0.5, 0.6) is 5.75 Å². The molecule has 1 aliphatic carbocycles. The van der Waals surface area contributed by atoms with Gasteiger partial charge in [-0.25, -0.2) is 9.97 Å². The predicted molar refractivity (Wildman–Crippen MR) is 121 cm³/mol. The Morgan fingerprint density at radius 2 is 2.14 bits per heavy atom. The van der Waals surface area contributed by atoms with E-state index < -0.39 is 0 Å². The fourth-order valence-corrected chi connectivity index (χ4v) is 5.15. The Balaban J connectivity index is 1.27. The van der Waals surface area contributed by atoms with E-state index in [1.54, 1.807) is 17.7 Å². The van der Waals surface area contributed by atoms with E-state index in [4.69, 9.17) is 0 Å². The quantitative estimate of drug-likeness (QED) is 0.493. The number of benzene rings is 1. The van der Waals surface area contributed by atoms with Crippen molar-refractivity contribution in [3.8, 4) is 5.75 Å². The molecule has 0 spiro atoms. The minimum Gasteiger partial charge on any atom is -0.508 e. The molecule has 2 N–H and O–H groups in total. The number of hydrogen-bond acceptors (Lipinski definition) is 6. The van der Waals surface area contributed by atoms with Crippen molar-refractivity contribution in [2.75, 3.05) is 25.0 Å². The first-order valence-corrected chi connectivity index (χ1v) is 11.6. The number of thiophene rings is 1. The number of fused-ring (bicyclic) bond motifs is 2. The van der Waals surface area contributed by atoms with Crippen LogP contribution < -0.4 is 5.32 Å². The van der Waals surface area contributed by atoms with E-state index in [9.17, 15) is 5.11 Å². The van der Waals surface area contributed by atoms with E-state index in [1.807, 2.05) is 12.1 Å². The number of phenols is 1. The Labute approximate surface area is 176 Å². The first-order chi connectivity index (χ1) is 14.3. The number of phenolic OH excluding ortho intramolecular Hbond substituents is 1. The number of unbranched alkanes of at least 4 members (excludes halogenated alkanes) is 1. The van der Waals surface area contributed by atoms with Gasteiger partial charge in [0.2, 0.25) is 0 Å². The first-order valence-electron chi connectivity index (χ1n) is 10.7. The minimum atomic E-state index is 0.471. The molecule has 1 aliphatic rings. The summed E-state index contributed by atoms with van der Waals surface area (Å²) in [4.78, 5) is 12.4. The highest BCUT2D eigenvalue weighted by molar-refractivity contribution is 7.16. The summed E-state index contributed by atoms with van der Waals surface area (Å²) in [5.74, 6) is 1.42. The molecule has 1 aromatic carbocycles. The Kier molecular flexibility index (Phi) is 6.62. The molecule has 5 nitrogen and oxygen atoms in total. The molecular formula is C23H30N4OS. The summed E-state index contributed by atoms with van der Waals surface area (Å²) in [5, 5.41) is 16.8. The lowest BCUT2D eigenvalue weighted by Crippen LogP contribution is -2.40. The molecule has 2 heterocycles. The number of anilines is 1. The largest absolute Gasteiger partial charge is 0.508 e. The minimum absolute atomic E-state index is 0.471. The lowest BCUT2D eigenvalue weighted by Gasteiger charge is -2.35. The molecule has 0 radical (unpaired) electrons. The second-order valence-electron chi connectivity index (χ2n) is 7.84. The van der Waals surface area contributed by atoms with Crippen LogP contribution in [0.2, 0.25) is 0 Å². The molecule has 0 saturated carbocycles. The van der Waals surface area contributed by atoms with Crippen molar-refractivity contribution in [2.24, 2.45) is 0 Å². The molecule has 1 unspecified atom stereocenters. The van der Waals surface area contributed by atoms with E-state index >= 15 is 0 Å². The second-order valence-corrected chi connectivity index (χ2v) is 8.74. The average Bonchev–Trinajstić information content (AvgIpc) is 3.22. The Morgan fingerprint density at radius 3 is 3.03 bits per heavy atom. The van der Waals surface area contributed by atoms with Gasteiger partial charge in [0.15, 0.2) is 0 Å². The van der Waals surface area contributed by atoms with Gasteiger partial charge in [-0.1, -0.05) is 19.1 Å². The smallest absolute Gasteiger partial charge is 0.138 e. The van der Waals surface area contributed by atoms with Gasteiger partial charge >= 0.3 is 0 Å². The van der Waals surface area contributed by atoms with Gasteiger partial charge in [-0.05, 0) is 80.3 Å². The lowest BCUT2D eigenvalue weighted by atomic mass is 9.86. The van der Waals surface area contributed by atoms with Crippen LogP contribution in [0.25, 0.3) is 10.2 Å². The fourth-order valence-electron chi connectivity index (χ4n) is 4.42. The third kappa shape index (κ3) is 4.70. The number of hydrogen-bond donors (Lipinski definition) is 2. The van der Waals surface area contributed by atoms with Gasteiger partial charge in [-0.15, -0.1) is 11.3 Å². The molecule has 29 heavy (non-hydrogen) atoms. The number of aromatic nitrogens is 2. The normalized spacial score (nSPS) is 16.3. The van der Waals surface area contributed by atoms with E-state index in [0.29, 0.717) is 11.8 Å². The maximum Gasteiger partial charge on any atom is 0.138 e. The maximum absolute atomic E-state index is 10.1. The zero-order chi connectivity index (χ0) is 20.1. The molecule has 0 aliphatic heterocycles. The first kappa shape index (κ1) is 20.1. The van der Waals surface area contributed by atoms with Crippen LogP contribution in [-0.4, -0.2) is 45.7 Å². The number of nitrogens with one attached hydrogen (secondary N) is 1. The SMILES string of the molecule is CCCN(CCCCNc1ncnc2sccc12)C1CCc2c(O)cccc2C1. The standard InChI is InChI=1S/C23H30N4OS/c1-2-12-27(18-8-9-19-17(15-18)6-5-7-21(19)28)13-4-3-11-24-22-20-10-14-29-23(20)26-16-25-22/h5-7,10,14,16,18,28H,2-4,8-9,11-13,15H2,1H3,(H,24,25,26). The van der Waals surface area contributed by atoms with Crippen molar-refractivity contribution in [3.05, 3.63) is 47.1 Å². The van der Waals surface area contributed by atoms with E-state index in [-0.39, 0.29) is 0 Å². The number of rotatable bonds is 9. The van der Waals surface area contributed by atoms with Crippen molar-refractivity contribution < 1.29 is 5.11 Å². The van der Waals surface area contributed by atoms with Gasteiger partial charge in [0.1, 0.15) is 22.7 Å². The Morgan fingerprint density at radius 1 is 1.21 bits per heavy atom. The summed E-state index contributed by atoms with van der Waals surface area (Å²) in [6.45, 7) is 5.47. The molecule has 3 aromatic rings. The highest BCUT2D eigenvalue weighted by atomic mass is 32.1. The maximum atomic E-state index is 10.1. The van der Waals surface area contributed by atoms with E-state index in [0.717, 1.165) is 66.9 Å². The van der Waals surface area contributed by atoms with Crippen LogP contribution in [0.4, 0.5) is 5.82 Å². The third-order valence-corrected chi connectivity index (χ3v) is 6.71. The molecule has 4 rings (SSSR count). The zero-order valence-electron chi connectivity index (χ0n) is 17.1. The molecule has 0 saturated heterocycles. The molecule has 154 valence electrons. The summed E-state index contributed by atoms with van der Waals surface area (Å²) in [6, 6.07) is 8.65. The Hall–Kier alpha value is -2.18. The monoisotopic (exact) mass is 410 g/mol. The highest BCUT2D eigenvalue weighted by Crippen LogP contribution is 2.31. The van der Waals surface area contributed by atoms with Crippen molar-refractivity contribution in [2.45, 2.75) is 51.5 Å². The van der Waals surface area contributed by atoms with Crippen LogP contribution in [0.3, 0.4) is 0 Å². The van der Waals surface area contributed by atoms with Gasteiger partial charge in [-0.2, -0.15) is 0 Å². The van der Waals surface area contributed by atoms with Gasteiger partial charge in [0.25, 0.3) is 0 Å². The molecule has 1 atom stereocenters. The van der Waals surface area contributed by atoms with Crippen LogP contribution in [0.15, 0.2) is 36.0 Å². The predicted octanol–water partition coefficient (Wildman–Crippen LogP) is 4.86. The van der Waals surface area contributed by atoms with Crippen LogP contribution in [0.1, 0.15) is 43.7 Å². The summed E-state index contributed by atoms with van der Waals surface area (Å²) in [5.41, 5.74) is 2.49. The summed E-state index contributed by atoms with van der Waals surface area (Å²) < 4.78 is 0. The highest BCUT2D eigenvalue weighted by Gasteiger charge is 2.24. The van der Waals surface area contributed by atoms with Crippen LogP contribution in [0, 0.1) is 0 Å². The van der Waals surface area contributed by atoms with E-state index in [1.165, 1.54) is 18.4 Å². The average molecular weight is 411 g/mol. The zero-order valence-corrected chi connectivity index (χ0v) is 17.9. The van der Waals surface area contributed by atoms with Crippen LogP contribution >= 0.6 is 11.3 Å². The van der Waals surface area contributed by atoms with Gasteiger partial charge in [0, 0.05) is 12.6 Å². The Bertz CT molecular complexity index is 942. The van der Waals surface area contributed by atoms with Gasteiger partial charge < -0.3 is 15.3 Å². The van der Waals surface area contributed by atoms with Crippen LogP contribution in [-0.2, 0) is 12.8 Å². The molecular weight excluding hydrogens is 380 g/mol.